The summed E-state index contributed by atoms with van der Waals surface area (Å²) < 4.78 is 17.4. The van der Waals surface area contributed by atoms with Crippen molar-refractivity contribution >= 4 is 6.21 Å². The van der Waals surface area contributed by atoms with E-state index < -0.39 is 0 Å². The molecule has 0 saturated heterocycles. The van der Waals surface area contributed by atoms with Crippen LogP contribution in [0, 0.1) is 13.8 Å². The second-order valence-corrected chi connectivity index (χ2v) is 6.68. The van der Waals surface area contributed by atoms with Crippen molar-refractivity contribution in [2.45, 2.75) is 33.8 Å². The summed E-state index contributed by atoms with van der Waals surface area (Å²) in [6.07, 6.45) is 6.47. The van der Waals surface area contributed by atoms with Gasteiger partial charge in [-0.1, -0.05) is 41.6 Å². The lowest BCUT2D eigenvalue weighted by molar-refractivity contribution is 0.107. The van der Waals surface area contributed by atoms with Crippen molar-refractivity contribution < 1.29 is 19.0 Å². The molecule has 2 aromatic rings. The maximum atomic E-state index is 5.98. The first kappa shape index (κ1) is 22.5. The molecule has 0 N–H and O–H groups in total. The van der Waals surface area contributed by atoms with Gasteiger partial charge in [0, 0.05) is 6.42 Å². The smallest absolute Gasteiger partial charge is 0.125 e. The summed E-state index contributed by atoms with van der Waals surface area (Å²) in [6, 6.07) is 12.1. The third-order valence-corrected chi connectivity index (χ3v) is 4.25. The zero-order chi connectivity index (χ0) is 20.9. The predicted octanol–water partition coefficient (Wildman–Crippen LogP) is 5.22. The fourth-order valence-electron chi connectivity index (χ4n) is 2.80. The van der Waals surface area contributed by atoms with E-state index in [0.717, 1.165) is 40.2 Å². The van der Waals surface area contributed by atoms with E-state index in [0.29, 0.717) is 26.4 Å². The Morgan fingerprint density at radius 2 is 1.69 bits per heavy atom. The number of allylic oxidation sites excluding steroid dienone is 1. The topological polar surface area (TPSA) is 49.3 Å². The Hall–Kier alpha value is -2.79. The SMILES string of the molecule is C/C=C/COc1cc(C)c(OCCCOCc2ccc(C=NOC)cc2)c(C)c1. The molecule has 0 spiro atoms. The highest BCUT2D eigenvalue weighted by Gasteiger charge is 2.07. The molecule has 0 aliphatic heterocycles. The average Bonchev–Trinajstić information content (AvgIpc) is 2.71. The molecular weight excluding hydrogens is 366 g/mol. The van der Waals surface area contributed by atoms with Crippen LogP contribution in [0.2, 0.25) is 0 Å². The molecule has 0 aliphatic carbocycles. The molecule has 0 radical (unpaired) electrons. The molecule has 0 atom stereocenters. The molecule has 29 heavy (non-hydrogen) atoms. The molecule has 0 heterocycles. The number of benzene rings is 2. The second-order valence-electron chi connectivity index (χ2n) is 6.68. The first-order valence-corrected chi connectivity index (χ1v) is 9.85. The molecule has 0 fully saturated rings. The lowest BCUT2D eigenvalue weighted by Crippen LogP contribution is -2.05. The Balaban J connectivity index is 1.70. The quantitative estimate of drug-likeness (QED) is 0.213. The minimum atomic E-state index is 0.580. The van der Waals surface area contributed by atoms with E-state index in [1.165, 1.54) is 7.11 Å². The molecule has 2 aromatic carbocycles. The Kier molecular flexibility index (Phi) is 9.80. The maximum Gasteiger partial charge on any atom is 0.125 e. The lowest BCUT2D eigenvalue weighted by atomic mass is 10.1. The number of rotatable bonds is 12. The third-order valence-electron chi connectivity index (χ3n) is 4.25. The Labute approximate surface area is 173 Å². The standard InChI is InChI=1S/C24H31NO4/c1-5-6-13-28-23-15-19(2)24(20(3)16-23)29-14-7-12-27-18-22-10-8-21(9-11-22)17-25-26-4/h5-6,8-11,15-17H,7,12-14,18H2,1-4H3/b6-5+,25-17?. The van der Waals surface area contributed by atoms with E-state index in [1.807, 2.05) is 69.3 Å². The number of hydrogen-bond donors (Lipinski definition) is 0. The van der Waals surface area contributed by atoms with Crippen molar-refractivity contribution in [3.8, 4) is 11.5 Å². The van der Waals surface area contributed by atoms with Gasteiger partial charge < -0.3 is 19.0 Å². The van der Waals surface area contributed by atoms with Crippen molar-refractivity contribution in [3.63, 3.8) is 0 Å². The van der Waals surface area contributed by atoms with Crippen LogP contribution in [0.1, 0.15) is 35.6 Å². The Morgan fingerprint density at radius 1 is 0.966 bits per heavy atom. The number of oxime groups is 1. The molecule has 0 aliphatic rings. The third kappa shape index (κ3) is 8.00. The maximum absolute atomic E-state index is 5.98. The van der Waals surface area contributed by atoms with Gasteiger partial charge in [0.15, 0.2) is 0 Å². The van der Waals surface area contributed by atoms with Crippen molar-refractivity contribution in [2.75, 3.05) is 26.9 Å². The predicted molar refractivity (Wildman–Crippen MR) is 117 cm³/mol. The molecule has 0 bridgehead atoms. The number of hydrogen-bond acceptors (Lipinski definition) is 5. The lowest BCUT2D eigenvalue weighted by Gasteiger charge is -2.14. The van der Waals surface area contributed by atoms with E-state index in [-0.39, 0.29) is 0 Å². The molecular formula is C24H31NO4. The molecule has 0 amide bonds. The Bertz CT molecular complexity index is 774. The van der Waals surface area contributed by atoms with Crippen molar-refractivity contribution in [1.82, 2.24) is 0 Å². The van der Waals surface area contributed by atoms with E-state index in [9.17, 15) is 0 Å². The van der Waals surface area contributed by atoms with Crippen LogP contribution >= 0.6 is 0 Å². The van der Waals surface area contributed by atoms with Crippen LogP contribution in [-0.2, 0) is 16.2 Å². The van der Waals surface area contributed by atoms with Gasteiger partial charge in [-0.25, -0.2) is 0 Å². The van der Waals surface area contributed by atoms with E-state index in [1.54, 1.807) is 6.21 Å². The fraction of sp³-hybridized carbons (Fsp3) is 0.375. The number of aryl methyl sites for hydroxylation is 2. The monoisotopic (exact) mass is 397 g/mol. The minimum absolute atomic E-state index is 0.580. The highest BCUT2D eigenvalue weighted by atomic mass is 16.6. The summed E-state index contributed by atoms with van der Waals surface area (Å²) in [5.41, 5.74) is 4.28. The number of nitrogens with zero attached hydrogens (tertiary/aromatic N) is 1. The van der Waals surface area contributed by atoms with Gasteiger partial charge in [0.2, 0.25) is 0 Å². The second kappa shape index (κ2) is 12.6. The van der Waals surface area contributed by atoms with Gasteiger partial charge in [-0.3, -0.25) is 0 Å². The van der Waals surface area contributed by atoms with Crippen LogP contribution in [-0.4, -0.2) is 33.1 Å². The summed E-state index contributed by atoms with van der Waals surface area (Å²) >= 11 is 0. The Morgan fingerprint density at radius 3 is 2.34 bits per heavy atom. The summed E-state index contributed by atoms with van der Waals surface area (Å²) in [5, 5.41) is 3.75. The summed E-state index contributed by atoms with van der Waals surface area (Å²) in [7, 11) is 1.53. The van der Waals surface area contributed by atoms with Crippen molar-refractivity contribution in [2.24, 2.45) is 5.16 Å². The van der Waals surface area contributed by atoms with E-state index in [2.05, 4.69) is 9.99 Å². The summed E-state index contributed by atoms with van der Waals surface area (Å²) in [5.74, 6) is 1.80. The molecule has 0 aromatic heterocycles. The zero-order valence-corrected chi connectivity index (χ0v) is 17.8. The molecule has 0 unspecified atom stereocenters. The highest BCUT2D eigenvalue weighted by molar-refractivity contribution is 5.79. The molecule has 0 saturated carbocycles. The fourth-order valence-corrected chi connectivity index (χ4v) is 2.80. The zero-order valence-electron chi connectivity index (χ0n) is 17.8. The van der Waals surface area contributed by atoms with Gasteiger partial charge in [0.1, 0.15) is 25.2 Å². The minimum Gasteiger partial charge on any atom is -0.493 e. The normalized spacial score (nSPS) is 11.3. The summed E-state index contributed by atoms with van der Waals surface area (Å²) in [6.45, 7) is 8.50. The van der Waals surface area contributed by atoms with E-state index in [4.69, 9.17) is 14.2 Å². The number of ether oxygens (including phenoxy) is 3. The van der Waals surface area contributed by atoms with Crippen LogP contribution < -0.4 is 9.47 Å². The van der Waals surface area contributed by atoms with Crippen LogP contribution in [0.25, 0.3) is 0 Å². The molecule has 156 valence electrons. The van der Waals surface area contributed by atoms with E-state index >= 15 is 0 Å². The molecule has 2 rings (SSSR count). The van der Waals surface area contributed by atoms with Gasteiger partial charge >= 0.3 is 0 Å². The first-order valence-electron chi connectivity index (χ1n) is 9.85. The van der Waals surface area contributed by atoms with Gasteiger partial charge in [-0.05, 0) is 55.2 Å². The average molecular weight is 398 g/mol. The highest BCUT2D eigenvalue weighted by Crippen LogP contribution is 2.28. The molecule has 5 heteroatoms. The largest absolute Gasteiger partial charge is 0.493 e. The van der Waals surface area contributed by atoms with Crippen LogP contribution in [0.4, 0.5) is 0 Å². The first-order chi connectivity index (χ1) is 14.1. The van der Waals surface area contributed by atoms with Gasteiger partial charge in [0.25, 0.3) is 0 Å². The van der Waals surface area contributed by atoms with Crippen molar-refractivity contribution in [1.29, 1.82) is 0 Å². The van der Waals surface area contributed by atoms with Crippen LogP contribution in [0.3, 0.4) is 0 Å². The van der Waals surface area contributed by atoms with Crippen molar-refractivity contribution in [3.05, 3.63) is 70.8 Å². The van der Waals surface area contributed by atoms with Gasteiger partial charge in [0.05, 0.1) is 26.0 Å². The van der Waals surface area contributed by atoms with Crippen LogP contribution in [0.5, 0.6) is 11.5 Å². The molecule has 5 nitrogen and oxygen atoms in total. The van der Waals surface area contributed by atoms with Crippen LogP contribution in [0.15, 0.2) is 53.7 Å². The summed E-state index contributed by atoms with van der Waals surface area (Å²) in [4.78, 5) is 4.67. The van der Waals surface area contributed by atoms with Gasteiger partial charge in [-0.2, -0.15) is 0 Å². The van der Waals surface area contributed by atoms with Gasteiger partial charge in [-0.15, -0.1) is 0 Å².